The maximum atomic E-state index is 11.3. The number of hydrogen-bond donors (Lipinski definition) is 2. The van der Waals surface area contributed by atoms with E-state index in [-0.39, 0.29) is 11.3 Å². The molecule has 0 aliphatic rings. The van der Waals surface area contributed by atoms with Gasteiger partial charge in [0.15, 0.2) is 0 Å². The highest BCUT2D eigenvalue weighted by Crippen LogP contribution is 2.32. The molecule has 0 radical (unpaired) electrons. The summed E-state index contributed by atoms with van der Waals surface area (Å²) in [6.07, 6.45) is 0. The molecule has 0 bridgehead atoms. The first kappa shape index (κ1) is 11.7. The fraction of sp³-hybridized carbons (Fsp3) is 0.200. The summed E-state index contributed by atoms with van der Waals surface area (Å²) in [6.45, 7) is 3.16. The number of carbonyl (C=O) groups excluding carboxylic acids is 1. The number of aliphatic carboxylic acids is 1. The molecule has 0 amide bonds. The zero-order chi connectivity index (χ0) is 11.7. The number of aromatic hydroxyl groups is 1. The fourth-order valence-electron chi connectivity index (χ4n) is 1.39. The van der Waals surface area contributed by atoms with Gasteiger partial charge in [-0.1, -0.05) is 0 Å². The number of aryl methyl sites for hydroxylation is 1. The van der Waals surface area contributed by atoms with Gasteiger partial charge >= 0.3 is 5.97 Å². The van der Waals surface area contributed by atoms with Gasteiger partial charge in [-0.05, 0) is 47.0 Å². The van der Waals surface area contributed by atoms with Gasteiger partial charge in [-0.25, -0.2) is 4.79 Å². The molecule has 0 saturated heterocycles. The Bertz CT molecular complexity index is 451. The van der Waals surface area contributed by atoms with E-state index in [9.17, 15) is 14.7 Å². The second-order valence-corrected chi connectivity index (χ2v) is 3.95. The summed E-state index contributed by atoms with van der Waals surface area (Å²) in [4.78, 5) is 21.9. The molecular formula is C10H9BrO4. The Labute approximate surface area is 94.7 Å². The number of phenols is 1. The SMILES string of the molecule is Cc1cc(O)c(Br)c(C)c1C(=O)C(=O)O. The molecule has 1 rings (SSSR count). The molecule has 1 aromatic rings. The topological polar surface area (TPSA) is 74.6 Å². The Morgan fingerprint density at radius 1 is 1.33 bits per heavy atom. The second kappa shape index (κ2) is 4.02. The van der Waals surface area contributed by atoms with Crippen LogP contribution in [0.15, 0.2) is 10.5 Å². The van der Waals surface area contributed by atoms with Crippen LogP contribution in [-0.2, 0) is 4.79 Å². The Kier molecular flexibility index (Phi) is 3.14. The van der Waals surface area contributed by atoms with Gasteiger partial charge in [-0.15, -0.1) is 0 Å². The van der Waals surface area contributed by atoms with E-state index in [0.717, 1.165) is 0 Å². The van der Waals surface area contributed by atoms with Gasteiger partial charge in [-0.3, -0.25) is 4.79 Å². The summed E-state index contributed by atoms with van der Waals surface area (Å²) in [5.41, 5.74) is 0.993. The molecule has 80 valence electrons. The van der Waals surface area contributed by atoms with Crippen LogP contribution < -0.4 is 0 Å². The first-order valence-corrected chi connectivity index (χ1v) is 4.91. The fourth-order valence-corrected chi connectivity index (χ4v) is 1.71. The number of hydrogen-bond acceptors (Lipinski definition) is 3. The maximum absolute atomic E-state index is 11.3. The smallest absolute Gasteiger partial charge is 0.377 e. The number of carbonyl (C=O) groups is 2. The predicted molar refractivity (Wildman–Crippen MR) is 57.2 cm³/mol. The molecule has 0 atom stereocenters. The van der Waals surface area contributed by atoms with Gasteiger partial charge in [0.2, 0.25) is 0 Å². The van der Waals surface area contributed by atoms with Gasteiger partial charge in [0.1, 0.15) is 5.75 Å². The number of benzene rings is 1. The van der Waals surface area contributed by atoms with Crippen LogP contribution in [0, 0.1) is 13.8 Å². The van der Waals surface area contributed by atoms with Gasteiger partial charge in [-0.2, -0.15) is 0 Å². The standard InChI is InChI=1S/C10H9BrO4/c1-4-3-6(12)8(11)5(2)7(4)9(13)10(14)15/h3,12H,1-2H3,(H,14,15). The minimum absolute atomic E-state index is 0.00746. The first-order valence-electron chi connectivity index (χ1n) is 4.12. The van der Waals surface area contributed by atoms with Crippen molar-refractivity contribution < 1.29 is 19.8 Å². The van der Waals surface area contributed by atoms with Gasteiger partial charge in [0.05, 0.1) is 4.47 Å². The lowest BCUT2D eigenvalue weighted by atomic mass is 9.99. The third kappa shape index (κ3) is 2.02. The van der Waals surface area contributed by atoms with Crippen molar-refractivity contribution in [1.29, 1.82) is 0 Å². The molecular weight excluding hydrogens is 264 g/mol. The quantitative estimate of drug-likeness (QED) is 0.638. The van der Waals surface area contributed by atoms with E-state index in [1.165, 1.54) is 6.07 Å². The van der Waals surface area contributed by atoms with E-state index >= 15 is 0 Å². The number of halogens is 1. The van der Waals surface area contributed by atoms with Crippen molar-refractivity contribution in [2.75, 3.05) is 0 Å². The van der Waals surface area contributed by atoms with Crippen molar-refractivity contribution >= 4 is 27.7 Å². The zero-order valence-electron chi connectivity index (χ0n) is 8.17. The molecule has 2 N–H and O–H groups in total. The highest BCUT2D eigenvalue weighted by molar-refractivity contribution is 9.10. The Morgan fingerprint density at radius 2 is 1.87 bits per heavy atom. The number of rotatable bonds is 2. The van der Waals surface area contributed by atoms with Crippen molar-refractivity contribution in [2.24, 2.45) is 0 Å². The largest absolute Gasteiger partial charge is 0.507 e. The summed E-state index contributed by atoms with van der Waals surface area (Å²) in [6, 6.07) is 1.35. The van der Waals surface area contributed by atoms with Gasteiger partial charge < -0.3 is 10.2 Å². The summed E-state index contributed by atoms with van der Waals surface area (Å²) in [5.74, 6) is -2.48. The third-order valence-corrected chi connectivity index (χ3v) is 3.10. The minimum Gasteiger partial charge on any atom is -0.507 e. The van der Waals surface area contributed by atoms with E-state index in [1.54, 1.807) is 13.8 Å². The number of phenolic OH excluding ortho intramolecular Hbond substituents is 1. The van der Waals surface area contributed by atoms with E-state index in [0.29, 0.717) is 15.6 Å². The Balaban J connectivity index is 3.49. The molecule has 1 aromatic carbocycles. The average Bonchev–Trinajstić information content (AvgIpc) is 2.14. The van der Waals surface area contributed by atoms with Crippen molar-refractivity contribution in [3.05, 3.63) is 27.2 Å². The van der Waals surface area contributed by atoms with Crippen LogP contribution in [0.3, 0.4) is 0 Å². The summed E-state index contributed by atoms with van der Waals surface area (Å²) >= 11 is 3.09. The minimum atomic E-state index is -1.50. The van der Waals surface area contributed by atoms with Crippen molar-refractivity contribution in [1.82, 2.24) is 0 Å². The van der Waals surface area contributed by atoms with Crippen molar-refractivity contribution in [2.45, 2.75) is 13.8 Å². The van der Waals surface area contributed by atoms with Crippen LogP contribution in [0.25, 0.3) is 0 Å². The number of carboxylic acid groups (broad SMARTS) is 1. The normalized spacial score (nSPS) is 10.1. The third-order valence-electron chi connectivity index (χ3n) is 2.10. The van der Waals surface area contributed by atoms with E-state index in [1.807, 2.05) is 0 Å². The zero-order valence-corrected chi connectivity index (χ0v) is 9.75. The number of Topliss-reactive ketones (excluding diaryl/α,β-unsaturated/α-hetero) is 1. The highest BCUT2D eigenvalue weighted by Gasteiger charge is 2.22. The molecule has 0 aliphatic carbocycles. The highest BCUT2D eigenvalue weighted by atomic mass is 79.9. The molecule has 0 aromatic heterocycles. The van der Waals surface area contributed by atoms with Gasteiger partial charge in [0.25, 0.3) is 5.78 Å². The van der Waals surface area contributed by atoms with Crippen LogP contribution in [0.2, 0.25) is 0 Å². The van der Waals surface area contributed by atoms with Crippen LogP contribution >= 0.6 is 15.9 Å². The second-order valence-electron chi connectivity index (χ2n) is 3.16. The number of carboxylic acids is 1. The monoisotopic (exact) mass is 272 g/mol. The van der Waals surface area contributed by atoms with Crippen LogP contribution in [0.5, 0.6) is 5.75 Å². The first-order chi connectivity index (χ1) is 6.86. The lowest BCUT2D eigenvalue weighted by Crippen LogP contribution is -2.15. The molecule has 5 heteroatoms. The van der Waals surface area contributed by atoms with Crippen LogP contribution in [-0.4, -0.2) is 22.0 Å². The molecule has 0 aliphatic heterocycles. The molecule has 0 unspecified atom stereocenters. The molecule has 0 spiro atoms. The lowest BCUT2D eigenvalue weighted by Gasteiger charge is -2.09. The number of ketones is 1. The van der Waals surface area contributed by atoms with Gasteiger partial charge in [0, 0.05) is 5.56 Å². The summed E-state index contributed by atoms with van der Waals surface area (Å²) in [5, 5.41) is 18.0. The van der Waals surface area contributed by atoms with Crippen molar-refractivity contribution in [3.63, 3.8) is 0 Å². The lowest BCUT2D eigenvalue weighted by molar-refractivity contribution is -0.131. The van der Waals surface area contributed by atoms with E-state index in [2.05, 4.69) is 15.9 Å². The van der Waals surface area contributed by atoms with E-state index in [4.69, 9.17) is 5.11 Å². The molecule has 0 fully saturated rings. The molecule has 0 saturated carbocycles. The Hall–Kier alpha value is -1.36. The van der Waals surface area contributed by atoms with Crippen LogP contribution in [0.1, 0.15) is 21.5 Å². The van der Waals surface area contributed by atoms with Crippen LogP contribution in [0.4, 0.5) is 0 Å². The Morgan fingerprint density at radius 3 is 2.33 bits per heavy atom. The average molecular weight is 273 g/mol. The molecule has 15 heavy (non-hydrogen) atoms. The molecule has 4 nitrogen and oxygen atoms in total. The predicted octanol–water partition coefficient (Wildman–Crippen LogP) is 2.04. The summed E-state index contributed by atoms with van der Waals surface area (Å²) in [7, 11) is 0. The molecule has 0 heterocycles. The maximum Gasteiger partial charge on any atom is 0.377 e. The van der Waals surface area contributed by atoms with Crippen molar-refractivity contribution in [3.8, 4) is 5.75 Å². The summed E-state index contributed by atoms with van der Waals surface area (Å²) < 4.78 is 0.345. The van der Waals surface area contributed by atoms with E-state index < -0.39 is 11.8 Å².